The van der Waals surface area contributed by atoms with Gasteiger partial charge in [-0.3, -0.25) is 4.79 Å². The van der Waals surface area contributed by atoms with Gasteiger partial charge in [-0.15, -0.1) is 11.8 Å². The fourth-order valence-corrected chi connectivity index (χ4v) is 3.12. The van der Waals surface area contributed by atoms with Gasteiger partial charge in [0.2, 0.25) is 5.91 Å². The predicted octanol–water partition coefficient (Wildman–Crippen LogP) is 5.90. The smallest absolute Gasteiger partial charge is 0.418 e. The molecular weight excluding hydrogens is 427 g/mol. The van der Waals surface area contributed by atoms with Crippen molar-refractivity contribution in [2.45, 2.75) is 19.5 Å². The zero-order valence-corrected chi connectivity index (χ0v) is 17.3. The van der Waals surface area contributed by atoms with Crippen molar-refractivity contribution in [1.29, 1.82) is 0 Å². The Morgan fingerprint density at radius 2 is 1.69 bits per heavy atom. The molecule has 0 aliphatic rings. The van der Waals surface area contributed by atoms with Crippen molar-refractivity contribution in [3.05, 3.63) is 53.1 Å². The Bertz CT molecular complexity index is 801. The highest BCUT2D eigenvalue weighted by atomic mass is 35.5. The predicted molar refractivity (Wildman–Crippen MR) is 110 cm³/mol. The highest BCUT2D eigenvalue weighted by Gasteiger charge is 2.34. The Hall–Kier alpha value is -2.06. The van der Waals surface area contributed by atoms with Crippen LogP contribution in [-0.4, -0.2) is 30.6 Å². The molecule has 0 bridgehead atoms. The molecule has 0 saturated carbocycles. The van der Waals surface area contributed by atoms with Crippen LogP contribution in [-0.2, 0) is 11.0 Å². The standard InChI is InChI=1S/C20H21ClF3NO3S/c1-2-10-27-14-6-8-15(9-7-14)28-11-12-29-13-18(26)25-19-16(20(22,23)24)4-3-5-17(19)21/h3-9H,2,10-13H2,1H3,(H,25,26). The summed E-state index contributed by atoms with van der Waals surface area (Å²) in [5.74, 6) is 1.35. The van der Waals surface area contributed by atoms with Crippen molar-refractivity contribution >= 4 is 35.0 Å². The van der Waals surface area contributed by atoms with Gasteiger partial charge in [0.1, 0.15) is 11.5 Å². The van der Waals surface area contributed by atoms with Crippen LogP contribution in [0.2, 0.25) is 5.02 Å². The Kier molecular flexibility index (Phi) is 8.98. The first-order valence-electron chi connectivity index (χ1n) is 8.90. The van der Waals surface area contributed by atoms with Gasteiger partial charge >= 0.3 is 6.18 Å². The maximum absolute atomic E-state index is 13.0. The van der Waals surface area contributed by atoms with Crippen molar-refractivity contribution in [1.82, 2.24) is 0 Å². The van der Waals surface area contributed by atoms with Crippen molar-refractivity contribution in [2.24, 2.45) is 0 Å². The molecule has 4 nitrogen and oxygen atoms in total. The maximum atomic E-state index is 13.0. The van der Waals surface area contributed by atoms with Gasteiger partial charge < -0.3 is 14.8 Å². The minimum Gasteiger partial charge on any atom is -0.494 e. The number of thioether (sulfide) groups is 1. The number of benzene rings is 2. The van der Waals surface area contributed by atoms with Crippen molar-refractivity contribution < 1.29 is 27.4 Å². The number of hydrogen-bond acceptors (Lipinski definition) is 4. The highest BCUT2D eigenvalue weighted by Crippen LogP contribution is 2.38. The molecule has 29 heavy (non-hydrogen) atoms. The first kappa shape index (κ1) is 23.2. The van der Waals surface area contributed by atoms with Gasteiger partial charge in [0.25, 0.3) is 0 Å². The zero-order valence-electron chi connectivity index (χ0n) is 15.7. The van der Waals surface area contributed by atoms with Crippen LogP contribution in [0.3, 0.4) is 0 Å². The third-order valence-electron chi connectivity index (χ3n) is 3.61. The Labute approximate surface area is 176 Å². The number of ether oxygens (including phenoxy) is 2. The molecule has 158 valence electrons. The molecule has 1 N–H and O–H groups in total. The van der Waals surface area contributed by atoms with Crippen LogP contribution in [0.5, 0.6) is 11.5 Å². The summed E-state index contributed by atoms with van der Waals surface area (Å²) >= 11 is 7.07. The largest absolute Gasteiger partial charge is 0.494 e. The fraction of sp³-hybridized carbons (Fsp3) is 0.350. The lowest BCUT2D eigenvalue weighted by Gasteiger charge is -2.15. The number of amides is 1. The number of hydrogen-bond donors (Lipinski definition) is 1. The van der Waals surface area contributed by atoms with E-state index in [-0.39, 0.29) is 10.8 Å². The number of anilines is 1. The van der Waals surface area contributed by atoms with Crippen molar-refractivity contribution in [3.63, 3.8) is 0 Å². The number of halogens is 4. The van der Waals surface area contributed by atoms with Crippen LogP contribution < -0.4 is 14.8 Å². The van der Waals surface area contributed by atoms with Crippen LogP contribution in [0, 0.1) is 0 Å². The van der Waals surface area contributed by atoms with Crippen LogP contribution in [0.15, 0.2) is 42.5 Å². The quantitative estimate of drug-likeness (QED) is 0.461. The molecule has 0 aliphatic heterocycles. The van der Waals surface area contributed by atoms with E-state index in [0.29, 0.717) is 24.7 Å². The van der Waals surface area contributed by atoms with Gasteiger partial charge in [-0.05, 0) is 42.8 Å². The van der Waals surface area contributed by atoms with Gasteiger partial charge in [0, 0.05) is 5.75 Å². The summed E-state index contributed by atoms with van der Waals surface area (Å²) < 4.78 is 50.2. The van der Waals surface area contributed by atoms with Gasteiger partial charge in [-0.25, -0.2) is 0 Å². The average molecular weight is 448 g/mol. The zero-order chi connectivity index (χ0) is 21.3. The monoisotopic (exact) mass is 447 g/mol. The minimum absolute atomic E-state index is 0.0182. The molecule has 2 rings (SSSR count). The van der Waals surface area contributed by atoms with Gasteiger partial charge in [0.05, 0.1) is 35.2 Å². The van der Waals surface area contributed by atoms with E-state index in [1.54, 1.807) is 12.1 Å². The number of alkyl halides is 3. The summed E-state index contributed by atoms with van der Waals surface area (Å²) in [5.41, 5.74) is -1.40. The number of rotatable bonds is 10. The molecule has 0 saturated heterocycles. The normalized spacial score (nSPS) is 11.2. The Morgan fingerprint density at radius 3 is 2.28 bits per heavy atom. The van der Waals surface area contributed by atoms with E-state index in [9.17, 15) is 18.0 Å². The fourth-order valence-electron chi connectivity index (χ4n) is 2.30. The topological polar surface area (TPSA) is 47.6 Å². The van der Waals surface area contributed by atoms with Crippen LogP contribution in [0.4, 0.5) is 18.9 Å². The summed E-state index contributed by atoms with van der Waals surface area (Å²) in [4.78, 5) is 12.0. The van der Waals surface area contributed by atoms with Crippen LogP contribution >= 0.6 is 23.4 Å². The Balaban J connectivity index is 1.74. The number of carbonyl (C=O) groups is 1. The lowest BCUT2D eigenvalue weighted by Crippen LogP contribution is -2.19. The molecule has 2 aromatic rings. The lowest BCUT2D eigenvalue weighted by atomic mass is 10.1. The molecule has 0 atom stereocenters. The van der Waals surface area contributed by atoms with Crippen LogP contribution in [0.1, 0.15) is 18.9 Å². The number of carbonyl (C=O) groups excluding carboxylic acids is 1. The first-order chi connectivity index (χ1) is 13.8. The van der Waals surface area contributed by atoms with E-state index in [1.807, 2.05) is 19.1 Å². The molecule has 0 unspecified atom stereocenters. The molecule has 9 heteroatoms. The molecular formula is C20H21ClF3NO3S. The van der Waals surface area contributed by atoms with E-state index < -0.39 is 23.3 Å². The molecule has 0 aromatic heterocycles. The third-order valence-corrected chi connectivity index (χ3v) is 4.85. The summed E-state index contributed by atoms with van der Waals surface area (Å²) in [6.07, 6.45) is -3.68. The SMILES string of the molecule is CCCOc1ccc(OCCSCC(=O)Nc2c(Cl)cccc2C(F)(F)F)cc1. The average Bonchev–Trinajstić information content (AvgIpc) is 2.67. The van der Waals surface area contributed by atoms with Gasteiger partial charge in [0.15, 0.2) is 0 Å². The lowest BCUT2D eigenvalue weighted by molar-refractivity contribution is -0.137. The summed E-state index contributed by atoms with van der Waals surface area (Å²) in [5, 5.41) is 2.09. The molecule has 0 heterocycles. The van der Waals surface area contributed by atoms with E-state index in [2.05, 4.69) is 5.32 Å². The van der Waals surface area contributed by atoms with Crippen molar-refractivity contribution in [2.75, 3.05) is 30.0 Å². The second kappa shape index (κ2) is 11.2. The number of para-hydroxylation sites is 1. The minimum atomic E-state index is -4.61. The molecule has 0 fully saturated rings. The van der Waals surface area contributed by atoms with E-state index in [4.69, 9.17) is 21.1 Å². The summed E-state index contributed by atoms with van der Waals surface area (Å²) in [6, 6.07) is 10.6. The van der Waals surface area contributed by atoms with E-state index in [0.717, 1.165) is 18.2 Å². The highest BCUT2D eigenvalue weighted by molar-refractivity contribution is 7.99. The van der Waals surface area contributed by atoms with Gasteiger partial charge in [-0.2, -0.15) is 13.2 Å². The van der Waals surface area contributed by atoms with Crippen LogP contribution in [0.25, 0.3) is 0 Å². The number of nitrogens with one attached hydrogen (secondary N) is 1. The molecule has 0 radical (unpaired) electrons. The Morgan fingerprint density at radius 1 is 1.07 bits per heavy atom. The molecule has 0 aliphatic carbocycles. The third kappa shape index (κ3) is 7.70. The second-order valence-electron chi connectivity index (χ2n) is 5.93. The second-order valence-corrected chi connectivity index (χ2v) is 7.44. The van der Waals surface area contributed by atoms with Crippen molar-refractivity contribution in [3.8, 4) is 11.5 Å². The first-order valence-corrected chi connectivity index (χ1v) is 10.4. The summed E-state index contributed by atoms with van der Waals surface area (Å²) in [6.45, 7) is 3.03. The van der Waals surface area contributed by atoms with Gasteiger partial charge in [-0.1, -0.05) is 24.6 Å². The molecule has 0 spiro atoms. The van der Waals surface area contributed by atoms with E-state index in [1.165, 1.54) is 23.9 Å². The summed E-state index contributed by atoms with van der Waals surface area (Å²) in [7, 11) is 0. The molecule has 1 amide bonds. The molecule has 2 aromatic carbocycles. The maximum Gasteiger partial charge on any atom is 0.418 e. The van der Waals surface area contributed by atoms with E-state index >= 15 is 0 Å².